The fraction of sp³-hybridized carbons (Fsp3) is 0.571. The fourth-order valence-corrected chi connectivity index (χ4v) is 6.11. The molecule has 1 heterocycles. The molecular formula is C21H27N3. The molecule has 3 nitrogen and oxygen atoms in total. The predicted octanol–water partition coefficient (Wildman–Crippen LogP) is 4.21. The molecule has 0 saturated heterocycles. The smallest absolute Gasteiger partial charge is 0.0722 e. The van der Waals surface area contributed by atoms with Crippen LogP contribution in [-0.4, -0.2) is 23.6 Å². The third-order valence-electron chi connectivity index (χ3n) is 6.62. The zero-order chi connectivity index (χ0) is 16.0. The quantitative estimate of drug-likeness (QED) is 0.810. The minimum absolute atomic E-state index is 0.469. The van der Waals surface area contributed by atoms with Gasteiger partial charge in [0.2, 0.25) is 0 Å². The van der Waals surface area contributed by atoms with Crippen molar-refractivity contribution in [3.05, 3.63) is 36.5 Å². The number of hydrogen-bond donors (Lipinski definition) is 2. The molecule has 1 aromatic heterocycles. The Morgan fingerprint density at radius 2 is 1.67 bits per heavy atom. The van der Waals surface area contributed by atoms with Crippen LogP contribution in [0.1, 0.15) is 38.5 Å². The SMILES string of the molecule is c1cc(NCCNC23CC4CC(CC(C4)C2)C3)c2cccnc2c1. The van der Waals surface area contributed by atoms with E-state index < -0.39 is 0 Å². The summed E-state index contributed by atoms with van der Waals surface area (Å²) in [6, 6.07) is 10.5. The van der Waals surface area contributed by atoms with Crippen LogP contribution in [0.2, 0.25) is 0 Å². The lowest BCUT2D eigenvalue weighted by Crippen LogP contribution is -2.59. The highest BCUT2D eigenvalue weighted by Gasteiger charge is 2.50. The van der Waals surface area contributed by atoms with Gasteiger partial charge in [0, 0.05) is 35.9 Å². The van der Waals surface area contributed by atoms with Crippen LogP contribution in [0.5, 0.6) is 0 Å². The predicted molar refractivity (Wildman–Crippen MR) is 99.1 cm³/mol. The number of pyridine rings is 1. The molecule has 4 bridgehead atoms. The van der Waals surface area contributed by atoms with E-state index in [2.05, 4.69) is 39.9 Å². The maximum absolute atomic E-state index is 4.44. The molecule has 2 aromatic rings. The number of aromatic nitrogens is 1. The van der Waals surface area contributed by atoms with E-state index in [-0.39, 0.29) is 0 Å². The van der Waals surface area contributed by atoms with Crippen LogP contribution in [-0.2, 0) is 0 Å². The van der Waals surface area contributed by atoms with E-state index in [4.69, 9.17) is 0 Å². The topological polar surface area (TPSA) is 37.0 Å². The van der Waals surface area contributed by atoms with E-state index in [0.29, 0.717) is 5.54 Å². The van der Waals surface area contributed by atoms with Gasteiger partial charge in [0.05, 0.1) is 5.52 Å². The fourth-order valence-electron chi connectivity index (χ4n) is 6.11. The van der Waals surface area contributed by atoms with Crippen molar-refractivity contribution in [2.24, 2.45) is 17.8 Å². The third-order valence-corrected chi connectivity index (χ3v) is 6.62. The number of nitrogens with one attached hydrogen (secondary N) is 2. The number of anilines is 1. The standard InChI is InChI=1S/C21H27N3/c1-4-19-18(3-2-6-22-19)20(5-1)23-7-8-24-21-12-15-9-16(13-21)11-17(10-15)14-21/h1-6,15-17,23-24H,7-14H2. The highest BCUT2D eigenvalue weighted by molar-refractivity contribution is 5.91. The van der Waals surface area contributed by atoms with Crippen molar-refractivity contribution < 1.29 is 0 Å². The van der Waals surface area contributed by atoms with Crippen molar-refractivity contribution in [1.82, 2.24) is 10.3 Å². The normalized spacial score (nSPS) is 33.9. The molecule has 2 N–H and O–H groups in total. The Bertz CT molecular complexity index is 698. The average molecular weight is 321 g/mol. The first kappa shape index (κ1) is 14.7. The summed E-state index contributed by atoms with van der Waals surface area (Å²) in [4.78, 5) is 4.44. The van der Waals surface area contributed by atoms with Gasteiger partial charge in [-0.05, 0) is 80.5 Å². The number of fused-ring (bicyclic) bond motifs is 1. The van der Waals surface area contributed by atoms with E-state index in [0.717, 1.165) is 36.4 Å². The summed E-state index contributed by atoms with van der Waals surface area (Å²) in [6.45, 7) is 2.04. The Morgan fingerprint density at radius 1 is 0.917 bits per heavy atom. The van der Waals surface area contributed by atoms with Gasteiger partial charge in [-0.2, -0.15) is 0 Å². The minimum Gasteiger partial charge on any atom is -0.383 e. The van der Waals surface area contributed by atoms with Crippen LogP contribution < -0.4 is 10.6 Å². The number of hydrogen-bond acceptors (Lipinski definition) is 3. The van der Waals surface area contributed by atoms with Gasteiger partial charge in [0.25, 0.3) is 0 Å². The van der Waals surface area contributed by atoms with Crippen molar-refractivity contribution in [1.29, 1.82) is 0 Å². The molecule has 126 valence electrons. The summed E-state index contributed by atoms with van der Waals surface area (Å²) in [5, 5.41) is 8.80. The molecule has 6 rings (SSSR count). The van der Waals surface area contributed by atoms with Gasteiger partial charge in [-0.1, -0.05) is 6.07 Å². The van der Waals surface area contributed by atoms with Crippen LogP contribution in [0.4, 0.5) is 5.69 Å². The van der Waals surface area contributed by atoms with Crippen LogP contribution in [0.15, 0.2) is 36.5 Å². The molecule has 4 aliphatic carbocycles. The van der Waals surface area contributed by atoms with Crippen molar-refractivity contribution in [3.63, 3.8) is 0 Å². The Kier molecular flexibility index (Phi) is 3.51. The van der Waals surface area contributed by atoms with Gasteiger partial charge in [0.15, 0.2) is 0 Å². The van der Waals surface area contributed by atoms with Gasteiger partial charge in [-0.25, -0.2) is 0 Å². The first-order valence-corrected chi connectivity index (χ1v) is 9.62. The van der Waals surface area contributed by atoms with Gasteiger partial charge in [0.1, 0.15) is 0 Å². The molecule has 4 saturated carbocycles. The summed E-state index contributed by atoms with van der Waals surface area (Å²) < 4.78 is 0. The highest BCUT2D eigenvalue weighted by Crippen LogP contribution is 2.55. The molecule has 0 spiro atoms. The number of rotatable bonds is 5. The van der Waals surface area contributed by atoms with E-state index >= 15 is 0 Å². The van der Waals surface area contributed by atoms with Crippen LogP contribution >= 0.6 is 0 Å². The first-order valence-electron chi connectivity index (χ1n) is 9.62. The molecule has 4 fully saturated rings. The lowest BCUT2D eigenvalue weighted by molar-refractivity contribution is -0.0188. The van der Waals surface area contributed by atoms with E-state index in [9.17, 15) is 0 Å². The Hall–Kier alpha value is -1.61. The Labute approximate surface area is 144 Å². The monoisotopic (exact) mass is 321 g/mol. The molecule has 3 heteroatoms. The molecule has 24 heavy (non-hydrogen) atoms. The summed E-state index contributed by atoms with van der Waals surface area (Å²) in [5.41, 5.74) is 2.74. The molecule has 0 amide bonds. The van der Waals surface area contributed by atoms with E-state index in [1.165, 1.54) is 49.6 Å². The Morgan fingerprint density at radius 3 is 2.42 bits per heavy atom. The third kappa shape index (κ3) is 2.59. The van der Waals surface area contributed by atoms with Crippen LogP contribution in [0.3, 0.4) is 0 Å². The molecule has 0 unspecified atom stereocenters. The van der Waals surface area contributed by atoms with Crippen molar-refractivity contribution in [2.45, 2.75) is 44.1 Å². The largest absolute Gasteiger partial charge is 0.383 e. The van der Waals surface area contributed by atoms with Crippen molar-refractivity contribution in [2.75, 3.05) is 18.4 Å². The highest BCUT2D eigenvalue weighted by atomic mass is 15.0. The Balaban J connectivity index is 1.21. The summed E-state index contributed by atoms with van der Waals surface area (Å²) >= 11 is 0. The van der Waals surface area contributed by atoms with E-state index in [1.807, 2.05) is 12.3 Å². The zero-order valence-corrected chi connectivity index (χ0v) is 14.3. The minimum atomic E-state index is 0.469. The molecular weight excluding hydrogens is 294 g/mol. The summed E-state index contributed by atoms with van der Waals surface area (Å²) in [6.07, 6.45) is 10.7. The van der Waals surface area contributed by atoms with Gasteiger partial charge in [-0.15, -0.1) is 0 Å². The van der Waals surface area contributed by atoms with Crippen LogP contribution in [0, 0.1) is 17.8 Å². The number of nitrogens with zero attached hydrogens (tertiary/aromatic N) is 1. The lowest BCUT2D eigenvalue weighted by atomic mass is 9.53. The average Bonchev–Trinajstić information content (AvgIpc) is 2.58. The summed E-state index contributed by atoms with van der Waals surface area (Å²) in [7, 11) is 0. The van der Waals surface area contributed by atoms with Crippen LogP contribution in [0.25, 0.3) is 10.9 Å². The van der Waals surface area contributed by atoms with E-state index in [1.54, 1.807) is 0 Å². The second-order valence-electron chi connectivity index (χ2n) is 8.43. The molecule has 1 aromatic carbocycles. The number of benzene rings is 1. The van der Waals surface area contributed by atoms with Gasteiger partial charge < -0.3 is 10.6 Å². The van der Waals surface area contributed by atoms with Crippen molar-refractivity contribution >= 4 is 16.6 Å². The molecule has 4 aliphatic rings. The first-order chi connectivity index (χ1) is 11.8. The molecule has 0 aliphatic heterocycles. The zero-order valence-electron chi connectivity index (χ0n) is 14.3. The molecule has 0 atom stereocenters. The molecule has 0 radical (unpaired) electrons. The second-order valence-corrected chi connectivity index (χ2v) is 8.43. The maximum Gasteiger partial charge on any atom is 0.0722 e. The van der Waals surface area contributed by atoms with Crippen molar-refractivity contribution in [3.8, 4) is 0 Å². The lowest BCUT2D eigenvalue weighted by Gasteiger charge is -2.57. The van der Waals surface area contributed by atoms with Gasteiger partial charge in [-0.3, -0.25) is 4.98 Å². The maximum atomic E-state index is 4.44. The van der Waals surface area contributed by atoms with Gasteiger partial charge >= 0.3 is 0 Å². The second kappa shape index (κ2) is 5.73. The summed E-state index contributed by atoms with van der Waals surface area (Å²) in [5.74, 6) is 3.04.